The lowest BCUT2D eigenvalue weighted by atomic mass is 10.4. The third-order valence-electron chi connectivity index (χ3n) is 2.41. The van der Waals surface area contributed by atoms with Crippen molar-refractivity contribution in [1.82, 2.24) is 4.90 Å². The molecule has 0 rings (SSSR count). The Morgan fingerprint density at radius 1 is 1.42 bits per heavy atom. The van der Waals surface area contributed by atoms with Crippen LogP contribution in [0.25, 0.3) is 0 Å². The Balaban J connectivity index is 4.61. The van der Waals surface area contributed by atoms with Gasteiger partial charge in [-0.05, 0) is 26.8 Å². The summed E-state index contributed by atoms with van der Waals surface area (Å²) >= 11 is 1.66. The largest absolute Gasteiger partial charge is 0.509 e. The lowest BCUT2D eigenvalue weighted by Gasteiger charge is -2.20. The summed E-state index contributed by atoms with van der Waals surface area (Å²) in [7, 11) is 2.06. The van der Waals surface area contributed by atoms with E-state index in [1.807, 2.05) is 19.9 Å². The van der Waals surface area contributed by atoms with E-state index in [-0.39, 0.29) is 5.76 Å². The van der Waals surface area contributed by atoms with Crippen LogP contribution in [0.1, 0.15) is 20.8 Å². The quantitative estimate of drug-likeness (QED) is 0.329. The minimum absolute atomic E-state index is 0.0250. The van der Waals surface area contributed by atoms with E-state index in [9.17, 15) is 0 Å². The smallest absolute Gasteiger partial charge is 0.110 e. The Hall–Kier alpha value is -1.42. The normalized spacial score (nSPS) is 13.4. The van der Waals surface area contributed by atoms with Crippen molar-refractivity contribution in [3.8, 4) is 0 Å². The number of aliphatic hydroxyl groups is 1. The van der Waals surface area contributed by atoms with Crippen molar-refractivity contribution in [2.75, 3.05) is 19.3 Å². The molecule has 1 N–H and O–H groups in total. The molecule has 0 aliphatic rings. The molecule has 19 heavy (non-hydrogen) atoms. The predicted octanol–water partition coefficient (Wildman–Crippen LogP) is 4.14. The number of thioether (sulfide) groups is 1. The Kier molecular flexibility index (Phi) is 8.79. The van der Waals surface area contributed by atoms with E-state index >= 15 is 0 Å². The highest BCUT2D eigenvalue weighted by molar-refractivity contribution is 8.14. The van der Waals surface area contributed by atoms with E-state index < -0.39 is 0 Å². The Labute approximate surface area is 121 Å². The van der Waals surface area contributed by atoms with Gasteiger partial charge in [-0.15, -0.1) is 11.8 Å². The van der Waals surface area contributed by atoms with Crippen molar-refractivity contribution >= 4 is 16.8 Å². The molecule has 4 heteroatoms. The lowest BCUT2D eigenvalue weighted by molar-refractivity contribution is 0.434. The summed E-state index contributed by atoms with van der Waals surface area (Å²) in [5.41, 5.74) is 1.96. The number of rotatable bonds is 7. The second kappa shape index (κ2) is 9.50. The number of aliphatic imine (C=N–C) groups is 1. The topological polar surface area (TPSA) is 35.8 Å². The van der Waals surface area contributed by atoms with Gasteiger partial charge >= 0.3 is 0 Å². The van der Waals surface area contributed by atoms with Gasteiger partial charge in [-0.25, -0.2) is 0 Å². The molecule has 0 bridgehead atoms. The minimum Gasteiger partial charge on any atom is -0.509 e. The van der Waals surface area contributed by atoms with Crippen LogP contribution in [0.15, 0.2) is 53.5 Å². The molecular weight excluding hydrogens is 256 g/mol. The van der Waals surface area contributed by atoms with Gasteiger partial charge in [0, 0.05) is 36.8 Å². The van der Waals surface area contributed by atoms with E-state index in [2.05, 4.69) is 37.0 Å². The highest BCUT2D eigenvalue weighted by atomic mass is 32.2. The number of aliphatic hydroxyl groups excluding tert-OH is 1. The minimum atomic E-state index is 0.0250. The zero-order chi connectivity index (χ0) is 14.8. The van der Waals surface area contributed by atoms with E-state index in [4.69, 9.17) is 5.11 Å². The maximum atomic E-state index is 9.05. The van der Waals surface area contributed by atoms with Crippen LogP contribution >= 0.6 is 11.8 Å². The average molecular weight is 280 g/mol. The Morgan fingerprint density at radius 3 is 2.53 bits per heavy atom. The Morgan fingerprint density at radius 2 is 2.05 bits per heavy atom. The maximum absolute atomic E-state index is 9.05. The van der Waals surface area contributed by atoms with Gasteiger partial charge in [-0.1, -0.05) is 19.2 Å². The van der Waals surface area contributed by atoms with Crippen LogP contribution in [-0.2, 0) is 0 Å². The van der Waals surface area contributed by atoms with E-state index in [0.717, 1.165) is 23.0 Å². The first kappa shape index (κ1) is 17.6. The summed E-state index contributed by atoms with van der Waals surface area (Å²) < 4.78 is 0. The fourth-order valence-corrected chi connectivity index (χ4v) is 2.24. The van der Waals surface area contributed by atoms with Crippen molar-refractivity contribution in [3.05, 3.63) is 48.5 Å². The van der Waals surface area contributed by atoms with Crippen LogP contribution < -0.4 is 0 Å². The molecule has 0 aromatic carbocycles. The molecule has 0 aliphatic carbocycles. The average Bonchev–Trinajstić information content (AvgIpc) is 2.32. The van der Waals surface area contributed by atoms with Crippen LogP contribution in [0.5, 0.6) is 0 Å². The second-order valence-corrected chi connectivity index (χ2v) is 5.27. The number of hydrogen-bond acceptors (Lipinski definition) is 4. The summed E-state index contributed by atoms with van der Waals surface area (Å²) in [6.07, 6.45) is 5.36. The van der Waals surface area contributed by atoms with Crippen molar-refractivity contribution in [2.24, 2.45) is 4.99 Å². The third kappa shape index (κ3) is 8.32. The summed E-state index contributed by atoms with van der Waals surface area (Å²) in [6.45, 7) is 14.0. The van der Waals surface area contributed by atoms with Gasteiger partial charge in [0.25, 0.3) is 0 Å². The molecule has 0 saturated carbocycles. The molecule has 0 radical (unpaired) electrons. The van der Waals surface area contributed by atoms with Gasteiger partial charge < -0.3 is 10.0 Å². The highest BCUT2D eigenvalue weighted by Crippen LogP contribution is 2.14. The molecule has 0 aliphatic heterocycles. The van der Waals surface area contributed by atoms with E-state index in [0.29, 0.717) is 0 Å². The van der Waals surface area contributed by atoms with Gasteiger partial charge in [0.15, 0.2) is 0 Å². The molecule has 0 aromatic heterocycles. The van der Waals surface area contributed by atoms with Gasteiger partial charge in [0.1, 0.15) is 5.76 Å². The van der Waals surface area contributed by atoms with Gasteiger partial charge in [0.05, 0.1) is 5.04 Å². The van der Waals surface area contributed by atoms with Gasteiger partial charge in [-0.2, -0.15) is 0 Å². The molecule has 106 valence electrons. The van der Waals surface area contributed by atoms with Crippen molar-refractivity contribution in [2.45, 2.75) is 20.8 Å². The summed E-state index contributed by atoms with van der Waals surface area (Å²) in [4.78, 5) is 6.56. The first-order valence-corrected chi connectivity index (χ1v) is 7.16. The molecule has 0 saturated heterocycles. The first-order valence-electron chi connectivity index (χ1n) is 6.17. The van der Waals surface area contributed by atoms with Crippen LogP contribution in [0.2, 0.25) is 0 Å². The van der Waals surface area contributed by atoms with Crippen LogP contribution in [-0.4, -0.2) is 34.4 Å². The van der Waals surface area contributed by atoms with Crippen molar-refractivity contribution in [1.29, 1.82) is 0 Å². The predicted molar refractivity (Wildman–Crippen MR) is 87.7 cm³/mol. The summed E-state index contributed by atoms with van der Waals surface area (Å²) in [6, 6.07) is 0. The van der Waals surface area contributed by atoms with Crippen molar-refractivity contribution < 1.29 is 5.11 Å². The monoisotopic (exact) mass is 280 g/mol. The van der Waals surface area contributed by atoms with Crippen LogP contribution in [0, 0.1) is 0 Å². The lowest BCUT2D eigenvalue weighted by Crippen LogP contribution is -2.18. The SMILES string of the molecule is C=C/C=C(/CSC(C)=N/C(C)=C\C(=C)O)N(C)CC. The third-order valence-corrected chi connectivity index (χ3v) is 3.36. The number of nitrogens with zero attached hydrogens (tertiary/aromatic N) is 2. The number of allylic oxidation sites excluding steroid dienone is 4. The molecule has 0 fully saturated rings. The van der Waals surface area contributed by atoms with E-state index in [1.54, 1.807) is 23.9 Å². The fourth-order valence-electron chi connectivity index (χ4n) is 1.36. The maximum Gasteiger partial charge on any atom is 0.110 e. The fraction of sp³-hybridized carbons (Fsp3) is 0.400. The van der Waals surface area contributed by atoms with Gasteiger partial charge in [0.2, 0.25) is 0 Å². The molecule has 0 spiro atoms. The standard InChI is InChI=1S/C15H24N2OS/c1-7-9-15(17(6)8-2)11-19-14(5)16-12(3)10-13(4)18/h7,9-10,18H,1,4,8,11H2,2-3,5-6H3/b12-10-,15-9-,16-14?. The van der Waals surface area contributed by atoms with E-state index in [1.165, 1.54) is 5.70 Å². The van der Waals surface area contributed by atoms with Crippen LogP contribution in [0.3, 0.4) is 0 Å². The zero-order valence-corrected chi connectivity index (χ0v) is 13.1. The summed E-state index contributed by atoms with van der Waals surface area (Å²) in [5.74, 6) is 0.871. The second-order valence-electron chi connectivity index (χ2n) is 4.10. The Bertz CT molecular complexity index is 408. The highest BCUT2D eigenvalue weighted by Gasteiger charge is 2.03. The molecule has 0 unspecified atom stereocenters. The molecule has 0 heterocycles. The molecule has 3 nitrogen and oxygen atoms in total. The first-order chi connectivity index (χ1) is 8.90. The molecular formula is C15H24N2OS. The summed E-state index contributed by atoms with van der Waals surface area (Å²) in [5, 5.41) is 10.0. The molecule has 0 atom stereocenters. The molecule has 0 amide bonds. The number of hydrogen-bond donors (Lipinski definition) is 1. The molecule has 0 aromatic rings. The zero-order valence-electron chi connectivity index (χ0n) is 12.3. The van der Waals surface area contributed by atoms with Crippen LogP contribution in [0.4, 0.5) is 0 Å². The van der Waals surface area contributed by atoms with Gasteiger partial charge in [-0.3, -0.25) is 4.99 Å². The van der Waals surface area contributed by atoms with Crippen molar-refractivity contribution in [3.63, 3.8) is 0 Å².